The van der Waals surface area contributed by atoms with Crippen molar-refractivity contribution < 1.29 is 18.3 Å². The van der Waals surface area contributed by atoms with Crippen LogP contribution in [0.4, 0.5) is 13.2 Å². The highest BCUT2D eigenvalue weighted by molar-refractivity contribution is 6.30. The van der Waals surface area contributed by atoms with E-state index >= 15 is 0 Å². The molecule has 0 aliphatic carbocycles. The molecule has 0 aliphatic rings. The Morgan fingerprint density at radius 1 is 1.29 bits per heavy atom. The second-order valence-electron chi connectivity index (χ2n) is 3.74. The molecule has 2 nitrogen and oxygen atoms in total. The Hall–Kier alpha value is -0.780. The van der Waals surface area contributed by atoms with Gasteiger partial charge in [0.25, 0.3) is 0 Å². The van der Waals surface area contributed by atoms with E-state index in [0.717, 1.165) is 12.1 Å². The number of hydrogen-bond donors (Lipinski definition) is 2. The third-order valence-corrected chi connectivity index (χ3v) is 2.57. The van der Waals surface area contributed by atoms with E-state index in [1.165, 1.54) is 6.07 Å². The summed E-state index contributed by atoms with van der Waals surface area (Å²) in [5, 5.41) is 8.65. The van der Waals surface area contributed by atoms with Crippen LogP contribution in [0, 0.1) is 0 Å². The van der Waals surface area contributed by atoms with Gasteiger partial charge in [0.05, 0.1) is 5.56 Å². The molecule has 3 N–H and O–H groups in total. The average molecular weight is 268 g/mol. The largest absolute Gasteiger partial charge is 0.416 e. The first-order valence-corrected chi connectivity index (χ1v) is 5.46. The first-order chi connectivity index (χ1) is 7.84. The number of alkyl halides is 3. The predicted octanol–water partition coefficient (Wildman–Crippen LogP) is 3.13. The van der Waals surface area contributed by atoms with Crippen LogP contribution in [0.1, 0.15) is 30.0 Å². The van der Waals surface area contributed by atoms with Gasteiger partial charge in [-0.1, -0.05) is 11.6 Å². The number of benzene rings is 1. The molecule has 0 heterocycles. The lowest BCUT2D eigenvalue weighted by atomic mass is 10.0. The van der Waals surface area contributed by atoms with Crippen molar-refractivity contribution in [3.05, 3.63) is 34.3 Å². The van der Waals surface area contributed by atoms with E-state index in [9.17, 15) is 13.2 Å². The first kappa shape index (κ1) is 14.3. The number of nitrogens with two attached hydrogens (primary N) is 1. The van der Waals surface area contributed by atoms with Gasteiger partial charge in [0.1, 0.15) is 0 Å². The van der Waals surface area contributed by atoms with Crippen molar-refractivity contribution in [3.8, 4) is 0 Å². The number of halogens is 4. The van der Waals surface area contributed by atoms with E-state index < -0.39 is 17.8 Å². The van der Waals surface area contributed by atoms with E-state index in [0.29, 0.717) is 18.4 Å². The molecule has 1 aromatic rings. The fraction of sp³-hybridized carbons (Fsp3) is 0.455. The van der Waals surface area contributed by atoms with Crippen LogP contribution in [0.2, 0.25) is 5.02 Å². The van der Waals surface area contributed by atoms with Gasteiger partial charge in [-0.2, -0.15) is 13.2 Å². The molecular formula is C11H13ClF3NO. The molecule has 1 aromatic carbocycles. The molecule has 1 rings (SSSR count). The Morgan fingerprint density at radius 3 is 2.47 bits per heavy atom. The zero-order valence-corrected chi connectivity index (χ0v) is 9.72. The van der Waals surface area contributed by atoms with Gasteiger partial charge in [-0.15, -0.1) is 0 Å². The third kappa shape index (κ3) is 4.18. The second kappa shape index (κ2) is 5.71. The number of rotatable bonds is 4. The minimum absolute atomic E-state index is 0.00859. The van der Waals surface area contributed by atoms with Crippen LogP contribution in [-0.2, 0) is 6.18 Å². The lowest BCUT2D eigenvalue weighted by Gasteiger charge is -2.14. The monoisotopic (exact) mass is 267 g/mol. The van der Waals surface area contributed by atoms with Gasteiger partial charge in [0.2, 0.25) is 0 Å². The van der Waals surface area contributed by atoms with Gasteiger partial charge in [0, 0.05) is 17.7 Å². The van der Waals surface area contributed by atoms with Crippen LogP contribution in [0.3, 0.4) is 0 Å². The normalized spacial score (nSPS) is 13.8. The molecule has 0 aliphatic heterocycles. The fourth-order valence-corrected chi connectivity index (χ4v) is 1.71. The summed E-state index contributed by atoms with van der Waals surface area (Å²) in [4.78, 5) is 0. The Bertz CT molecular complexity index is 381. The zero-order chi connectivity index (χ0) is 13.1. The molecule has 0 saturated carbocycles. The minimum Gasteiger partial charge on any atom is -0.396 e. The van der Waals surface area contributed by atoms with Crippen LogP contribution in [0.25, 0.3) is 0 Å². The van der Waals surface area contributed by atoms with Crippen molar-refractivity contribution in [2.45, 2.75) is 25.1 Å². The van der Waals surface area contributed by atoms with Crippen LogP contribution >= 0.6 is 11.6 Å². The van der Waals surface area contributed by atoms with E-state index in [4.69, 9.17) is 22.4 Å². The van der Waals surface area contributed by atoms with Crippen LogP contribution in [0.15, 0.2) is 18.2 Å². The summed E-state index contributed by atoms with van der Waals surface area (Å²) in [5.41, 5.74) is 5.25. The molecule has 0 spiro atoms. The molecule has 0 fully saturated rings. The predicted molar refractivity (Wildman–Crippen MR) is 59.7 cm³/mol. The first-order valence-electron chi connectivity index (χ1n) is 5.08. The second-order valence-corrected chi connectivity index (χ2v) is 4.18. The van der Waals surface area contributed by atoms with Gasteiger partial charge in [-0.05, 0) is 36.6 Å². The topological polar surface area (TPSA) is 46.2 Å². The fourth-order valence-electron chi connectivity index (χ4n) is 1.47. The molecule has 0 bridgehead atoms. The summed E-state index contributed by atoms with van der Waals surface area (Å²) in [7, 11) is 0. The van der Waals surface area contributed by atoms with E-state index in [-0.39, 0.29) is 11.6 Å². The van der Waals surface area contributed by atoms with E-state index in [1.54, 1.807) is 0 Å². The average Bonchev–Trinajstić information content (AvgIpc) is 2.23. The van der Waals surface area contributed by atoms with Gasteiger partial charge >= 0.3 is 6.18 Å². The highest BCUT2D eigenvalue weighted by Gasteiger charge is 2.31. The quantitative estimate of drug-likeness (QED) is 0.880. The Kier molecular flexibility index (Phi) is 4.80. The summed E-state index contributed by atoms with van der Waals surface area (Å²) < 4.78 is 37.6. The van der Waals surface area contributed by atoms with Crippen molar-refractivity contribution >= 4 is 11.6 Å². The molecule has 1 atom stereocenters. The van der Waals surface area contributed by atoms with Crippen LogP contribution in [-0.4, -0.2) is 11.7 Å². The van der Waals surface area contributed by atoms with Crippen molar-refractivity contribution in [2.75, 3.05) is 6.61 Å². The van der Waals surface area contributed by atoms with Crippen molar-refractivity contribution in [3.63, 3.8) is 0 Å². The molecule has 96 valence electrons. The highest BCUT2D eigenvalue weighted by atomic mass is 35.5. The molecule has 0 amide bonds. The number of hydrogen-bond acceptors (Lipinski definition) is 2. The molecule has 0 radical (unpaired) electrons. The molecule has 0 saturated heterocycles. The lowest BCUT2D eigenvalue weighted by molar-refractivity contribution is -0.137. The summed E-state index contributed by atoms with van der Waals surface area (Å²) >= 11 is 5.63. The summed E-state index contributed by atoms with van der Waals surface area (Å²) in [5.74, 6) is 0. The van der Waals surface area contributed by atoms with Gasteiger partial charge in [-0.3, -0.25) is 0 Å². The number of aliphatic hydroxyl groups excluding tert-OH is 1. The Morgan fingerprint density at radius 2 is 1.94 bits per heavy atom. The third-order valence-electron chi connectivity index (χ3n) is 2.35. The number of aliphatic hydroxyl groups is 1. The standard InChI is InChI=1S/C11H13ClF3NO/c12-9-5-7(10(16)2-1-3-17)4-8(6-9)11(13,14)15/h4-6,10,17H,1-3,16H2/t10-/m1/s1. The maximum Gasteiger partial charge on any atom is 0.416 e. The van der Waals surface area contributed by atoms with Gasteiger partial charge in [-0.25, -0.2) is 0 Å². The zero-order valence-electron chi connectivity index (χ0n) is 8.97. The Labute approximate surface area is 102 Å². The van der Waals surface area contributed by atoms with Gasteiger partial charge < -0.3 is 10.8 Å². The summed E-state index contributed by atoms with van der Waals surface area (Å²) in [6.07, 6.45) is -3.58. The van der Waals surface area contributed by atoms with E-state index in [2.05, 4.69) is 0 Å². The molecule has 17 heavy (non-hydrogen) atoms. The molecule has 0 unspecified atom stereocenters. The van der Waals surface area contributed by atoms with E-state index in [1.807, 2.05) is 0 Å². The molecule has 6 heteroatoms. The van der Waals surface area contributed by atoms with Crippen LogP contribution in [0.5, 0.6) is 0 Å². The van der Waals surface area contributed by atoms with Crippen molar-refractivity contribution in [1.82, 2.24) is 0 Å². The summed E-state index contributed by atoms with van der Waals surface area (Å²) in [6, 6.07) is 2.72. The highest BCUT2D eigenvalue weighted by Crippen LogP contribution is 2.33. The minimum atomic E-state index is -4.43. The molecular weight excluding hydrogens is 255 g/mol. The van der Waals surface area contributed by atoms with Crippen molar-refractivity contribution in [1.29, 1.82) is 0 Å². The molecule has 0 aromatic heterocycles. The van der Waals surface area contributed by atoms with Crippen molar-refractivity contribution in [2.24, 2.45) is 5.73 Å². The van der Waals surface area contributed by atoms with Crippen LogP contribution < -0.4 is 5.73 Å². The summed E-state index contributed by atoms with van der Waals surface area (Å²) in [6.45, 7) is -0.0413. The van der Waals surface area contributed by atoms with Gasteiger partial charge in [0.15, 0.2) is 0 Å². The SMILES string of the molecule is N[C@H](CCCO)c1cc(Cl)cc(C(F)(F)F)c1. The maximum absolute atomic E-state index is 12.5. The Balaban J connectivity index is 2.97. The smallest absolute Gasteiger partial charge is 0.396 e. The lowest BCUT2D eigenvalue weighted by Crippen LogP contribution is -2.13. The maximum atomic E-state index is 12.5.